The van der Waals surface area contributed by atoms with Crippen molar-refractivity contribution >= 4 is 23.2 Å². The number of aryl methyl sites for hydroxylation is 1. The molecule has 0 bridgehead atoms. The molecule has 0 saturated carbocycles. The average molecular weight is 394 g/mol. The van der Waals surface area contributed by atoms with Crippen LogP contribution in [0.2, 0.25) is 0 Å². The molecule has 29 heavy (non-hydrogen) atoms. The molecule has 0 unspecified atom stereocenters. The van der Waals surface area contributed by atoms with Crippen molar-refractivity contribution < 1.29 is 9.59 Å². The van der Waals surface area contributed by atoms with Crippen LogP contribution >= 0.6 is 0 Å². The Morgan fingerprint density at radius 2 is 1.69 bits per heavy atom. The van der Waals surface area contributed by atoms with Gasteiger partial charge in [-0.25, -0.2) is 0 Å². The van der Waals surface area contributed by atoms with Crippen molar-refractivity contribution in [1.29, 1.82) is 0 Å². The van der Waals surface area contributed by atoms with E-state index in [1.165, 1.54) is 18.2 Å². The molecule has 0 aliphatic carbocycles. The Hall–Kier alpha value is -2.82. The number of para-hydroxylation sites is 1. The Morgan fingerprint density at radius 1 is 1.00 bits per heavy atom. The standard InChI is InChI=1S/C24H31N3O2/c1-18(2)22-10-5-6-11-23(22)27(20(4)28)17-24(29)26-14-12-25(13-15-26)21-9-7-8-19(3)16-21/h5-11,16,18H,12-15,17H2,1-4H3. The first-order valence-corrected chi connectivity index (χ1v) is 10.3. The second-order valence-corrected chi connectivity index (χ2v) is 8.03. The van der Waals surface area contributed by atoms with Crippen molar-refractivity contribution in [2.24, 2.45) is 0 Å². The maximum absolute atomic E-state index is 13.0. The van der Waals surface area contributed by atoms with Crippen LogP contribution in [0.25, 0.3) is 0 Å². The first-order valence-electron chi connectivity index (χ1n) is 10.3. The summed E-state index contributed by atoms with van der Waals surface area (Å²) in [4.78, 5) is 31.1. The first kappa shape index (κ1) is 20.9. The molecule has 1 aliphatic heterocycles. The Morgan fingerprint density at radius 3 is 2.31 bits per heavy atom. The number of benzene rings is 2. The van der Waals surface area contributed by atoms with Gasteiger partial charge in [0.1, 0.15) is 6.54 Å². The zero-order valence-electron chi connectivity index (χ0n) is 17.9. The van der Waals surface area contributed by atoms with Gasteiger partial charge in [-0.2, -0.15) is 0 Å². The van der Waals surface area contributed by atoms with Crippen molar-refractivity contribution in [2.75, 3.05) is 42.5 Å². The smallest absolute Gasteiger partial charge is 0.242 e. The van der Waals surface area contributed by atoms with E-state index in [0.717, 1.165) is 24.3 Å². The van der Waals surface area contributed by atoms with Gasteiger partial charge >= 0.3 is 0 Å². The van der Waals surface area contributed by atoms with Crippen LogP contribution in [0, 0.1) is 6.92 Å². The number of hydrogen-bond donors (Lipinski definition) is 0. The molecule has 3 rings (SSSR count). The molecule has 154 valence electrons. The van der Waals surface area contributed by atoms with Gasteiger partial charge in [-0.15, -0.1) is 0 Å². The number of amides is 2. The zero-order valence-corrected chi connectivity index (χ0v) is 17.9. The maximum Gasteiger partial charge on any atom is 0.242 e. The Labute approximate surface area is 173 Å². The molecule has 5 nitrogen and oxygen atoms in total. The average Bonchev–Trinajstić information content (AvgIpc) is 2.71. The van der Waals surface area contributed by atoms with Gasteiger partial charge in [-0.3, -0.25) is 9.59 Å². The summed E-state index contributed by atoms with van der Waals surface area (Å²) < 4.78 is 0. The van der Waals surface area contributed by atoms with E-state index in [1.54, 1.807) is 4.90 Å². The van der Waals surface area contributed by atoms with Crippen LogP contribution in [0.1, 0.15) is 37.8 Å². The maximum atomic E-state index is 13.0. The van der Waals surface area contributed by atoms with Gasteiger partial charge in [0, 0.05) is 44.5 Å². The van der Waals surface area contributed by atoms with Crippen LogP contribution in [-0.2, 0) is 9.59 Å². The molecule has 1 heterocycles. The fourth-order valence-electron chi connectivity index (χ4n) is 3.86. The van der Waals surface area contributed by atoms with E-state index < -0.39 is 0 Å². The molecule has 1 saturated heterocycles. The number of hydrogen-bond acceptors (Lipinski definition) is 3. The lowest BCUT2D eigenvalue weighted by atomic mass is 10.0. The molecule has 0 atom stereocenters. The molecule has 0 aromatic heterocycles. The predicted molar refractivity (Wildman–Crippen MR) is 119 cm³/mol. The summed E-state index contributed by atoms with van der Waals surface area (Å²) >= 11 is 0. The monoisotopic (exact) mass is 393 g/mol. The van der Waals surface area contributed by atoms with Crippen molar-refractivity contribution in [1.82, 2.24) is 4.90 Å². The van der Waals surface area contributed by atoms with E-state index in [1.807, 2.05) is 29.2 Å². The zero-order chi connectivity index (χ0) is 21.0. The lowest BCUT2D eigenvalue weighted by Crippen LogP contribution is -2.52. The van der Waals surface area contributed by atoms with Crippen LogP contribution in [0.15, 0.2) is 48.5 Å². The van der Waals surface area contributed by atoms with Crippen molar-refractivity contribution in [2.45, 2.75) is 33.6 Å². The van der Waals surface area contributed by atoms with Crippen LogP contribution in [-0.4, -0.2) is 49.4 Å². The van der Waals surface area contributed by atoms with E-state index in [2.05, 4.69) is 49.9 Å². The summed E-state index contributed by atoms with van der Waals surface area (Å²) in [6, 6.07) is 16.3. The molecular weight excluding hydrogens is 362 g/mol. The van der Waals surface area contributed by atoms with E-state index in [-0.39, 0.29) is 24.3 Å². The van der Waals surface area contributed by atoms with Gasteiger partial charge in [-0.05, 0) is 42.2 Å². The van der Waals surface area contributed by atoms with Crippen LogP contribution in [0.5, 0.6) is 0 Å². The Bertz CT molecular complexity index is 870. The summed E-state index contributed by atoms with van der Waals surface area (Å²) in [5.74, 6) is 0.175. The third-order valence-electron chi connectivity index (χ3n) is 5.52. The van der Waals surface area contributed by atoms with Crippen molar-refractivity contribution in [3.05, 3.63) is 59.7 Å². The fraction of sp³-hybridized carbons (Fsp3) is 0.417. The van der Waals surface area contributed by atoms with Gasteiger partial charge in [0.2, 0.25) is 11.8 Å². The number of piperazine rings is 1. The molecule has 1 aliphatic rings. The topological polar surface area (TPSA) is 43.9 Å². The first-order chi connectivity index (χ1) is 13.9. The van der Waals surface area contributed by atoms with Gasteiger partial charge in [0.05, 0.1) is 0 Å². The SMILES string of the molecule is CC(=O)N(CC(=O)N1CCN(c2cccc(C)c2)CC1)c1ccccc1C(C)C. The highest BCUT2D eigenvalue weighted by atomic mass is 16.2. The van der Waals surface area contributed by atoms with Crippen LogP contribution < -0.4 is 9.80 Å². The predicted octanol–water partition coefficient (Wildman–Crippen LogP) is 3.82. The van der Waals surface area contributed by atoms with E-state index in [4.69, 9.17) is 0 Å². The molecule has 0 radical (unpaired) electrons. The van der Waals surface area contributed by atoms with Gasteiger partial charge in [-0.1, -0.05) is 44.2 Å². The number of rotatable bonds is 5. The molecule has 2 amide bonds. The van der Waals surface area contributed by atoms with Crippen LogP contribution in [0.4, 0.5) is 11.4 Å². The molecule has 2 aromatic carbocycles. The molecule has 0 spiro atoms. The Kier molecular flexibility index (Phi) is 6.57. The molecular formula is C24H31N3O2. The summed E-state index contributed by atoms with van der Waals surface area (Å²) in [6.07, 6.45) is 0. The minimum Gasteiger partial charge on any atom is -0.368 e. The third-order valence-corrected chi connectivity index (χ3v) is 5.52. The van der Waals surface area contributed by atoms with Crippen molar-refractivity contribution in [3.8, 4) is 0 Å². The highest BCUT2D eigenvalue weighted by Crippen LogP contribution is 2.27. The highest BCUT2D eigenvalue weighted by molar-refractivity contribution is 5.98. The van der Waals surface area contributed by atoms with Crippen molar-refractivity contribution in [3.63, 3.8) is 0 Å². The lowest BCUT2D eigenvalue weighted by molar-refractivity contribution is -0.131. The third kappa shape index (κ3) is 4.97. The van der Waals surface area contributed by atoms with Crippen LogP contribution in [0.3, 0.4) is 0 Å². The second kappa shape index (κ2) is 9.12. The summed E-state index contributed by atoms with van der Waals surface area (Å²) in [7, 11) is 0. The number of nitrogens with zero attached hydrogens (tertiary/aromatic N) is 3. The normalized spacial score (nSPS) is 14.2. The molecule has 1 fully saturated rings. The largest absolute Gasteiger partial charge is 0.368 e. The number of carbonyl (C=O) groups is 2. The van der Waals surface area contributed by atoms with E-state index in [0.29, 0.717) is 13.1 Å². The van der Waals surface area contributed by atoms with Gasteiger partial charge < -0.3 is 14.7 Å². The lowest BCUT2D eigenvalue weighted by Gasteiger charge is -2.37. The van der Waals surface area contributed by atoms with Gasteiger partial charge in [0.25, 0.3) is 0 Å². The minimum atomic E-state index is -0.107. The van der Waals surface area contributed by atoms with E-state index in [9.17, 15) is 9.59 Å². The minimum absolute atomic E-state index is 0.00246. The quantitative estimate of drug-likeness (QED) is 0.776. The Balaban J connectivity index is 1.67. The molecule has 2 aromatic rings. The molecule has 0 N–H and O–H groups in total. The van der Waals surface area contributed by atoms with E-state index >= 15 is 0 Å². The highest BCUT2D eigenvalue weighted by Gasteiger charge is 2.25. The number of carbonyl (C=O) groups excluding carboxylic acids is 2. The summed E-state index contributed by atoms with van der Waals surface area (Å²) in [5.41, 5.74) is 4.36. The summed E-state index contributed by atoms with van der Waals surface area (Å²) in [5, 5.41) is 0. The van der Waals surface area contributed by atoms with Gasteiger partial charge in [0.15, 0.2) is 0 Å². The summed E-state index contributed by atoms with van der Waals surface area (Å²) in [6.45, 7) is 10.9. The number of anilines is 2. The second-order valence-electron chi connectivity index (χ2n) is 8.03. The fourth-order valence-corrected chi connectivity index (χ4v) is 3.86. The molecule has 5 heteroatoms.